The van der Waals surface area contributed by atoms with Crippen LogP contribution in [0.15, 0.2) is 42.5 Å². The third-order valence-corrected chi connectivity index (χ3v) is 2.68. The molecule has 0 spiro atoms. The van der Waals surface area contributed by atoms with Gasteiger partial charge in [0.25, 0.3) is 5.91 Å². The van der Waals surface area contributed by atoms with Gasteiger partial charge >= 0.3 is 6.18 Å². The Hall–Kier alpha value is -2.30. The number of halogens is 3. The third kappa shape index (κ3) is 3.38. The summed E-state index contributed by atoms with van der Waals surface area (Å²) in [5.41, 5.74) is 0.501. The first-order valence-electron chi connectivity index (χ1n) is 5.83. The van der Waals surface area contributed by atoms with Crippen molar-refractivity contribution in [3.05, 3.63) is 65.2 Å². The maximum atomic E-state index is 12.6. The molecule has 0 aliphatic heterocycles. The Morgan fingerprint density at radius 1 is 1.20 bits per heavy atom. The Morgan fingerprint density at radius 2 is 1.95 bits per heavy atom. The van der Waals surface area contributed by atoms with Gasteiger partial charge in [0, 0.05) is 11.3 Å². The van der Waals surface area contributed by atoms with E-state index in [1.807, 2.05) is 6.92 Å². The predicted molar refractivity (Wildman–Crippen MR) is 69.4 cm³/mol. The highest BCUT2D eigenvalue weighted by molar-refractivity contribution is 6.04. The van der Waals surface area contributed by atoms with Crippen LogP contribution in [0.4, 0.5) is 18.9 Å². The standard InChI is InChI=1S/C15H11F3NO/c1-10-5-7-13(8-6-10)19-14(20)11-3-2-4-12(9-11)15(16,17)18/h2-5,7-9H,1H3,(H,19,20). The van der Waals surface area contributed by atoms with Gasteiger partial charge in [0.2, 0.25) is 0 Å². The molecule has 20 heavy (non-hydrogen) atoms. The molecule has 103 valence electrons. The molecule has 0 bridgehead atoms. The van der Waals surface area contributed by atoms with Gasteiger partial charge in [-0.15, -0.1) is 0 Å². The molecule has 1 N–H and O–H groups in total. The van der Waals surface area contributed by atoms with Crippen molar-refractivity contribution in [2.45, 2.75) is 13.1 Å². The van der Waals surface area contributed by atoms with E-state index in [1.165, 1.54) is 12.1 Å². The Labute approximate surface area is 114 Å². The van der Waals surface area contributed by atoms with E-state index in [9.17, 15) is 18.0 Å². The van der Waals surface area contributed by atoms with Crippen LogP contribution in [0.25, 0.3) is 0 Å². The summed E-state index contributed by atoms with van der Waals surface area (Å²) in [7, 11) is 0. The second-order valence-electron chi connectivity index (χ2n) is 4.29. The zero-order valence-corrected chi connectivity index (χ0v) is 10.6. The minimum Gasteiger partial charge on any atom is -0.322 e. The van der Waals surface area contributed by atoms with Crippen LogP contribution in [0.2, 0.25) is 0 Å². The lowest BCUT2D eigenvalue weighted by Crippen LogP contribution is -2.13. The summed E-state index contributed by atoms with van der Waals surface area (Å²) < 4.78 is 37.7. The van der Waals surface area contributed by atoms with Crippen molar-refractivity contribution >= 4 is 11.6 Å². The summed E-state index contributed by atoms with van der Waals surface area (Å²) in [5.74, 6) is -0.589. The van der Waals surface area contributed by atoms with E-state index < -0.39 is 17.6 Å². The lowest BCUT2D eigenvalue weighted by Gasteiger charge is -2.09. The molecular formula is C15H11F3NO. The molecule has 1 amide bonds. The van der Waals surface area contributed by atoms with Crippen LogP contribution >= 0.6 is 0 Å². The van der Waals surface area contributed by atoms with E-state index in [0.717, 1.165) is 17.7 Å². The van der Waals surface area contributed by atoms with Crippen LogP contribution in [0.1, 0.15) is 21.5 Å². The topological polar surface area (TPSA) is 29.1 Å². The number of nitrogens with one attached hydrogen (secondary N) is 1. The lowest BCUT2D eigenvalue weighted by atomic mass is 10.1. The highest BCUT2D eigenvalue weighted by atomic mass is 19.4. The number of carbonyl (C=O) groups excluding carboxylic acids is 1. The van der Waals surface area contributed by atoms with Gasteiger partial charge in [0.1, 0.15) is 0 Å². The van der Waals surface area contributed by atoms with Gasteiger partial charge in [0.15, 0.2) is 0 Å². The van der Waals surface area contributed by atoms with Gasteiger partial charge in [-0.2, -0.15) is 13.2 Å². The van der Waals surface area contributed by atoms with Gasteiger partial charge in [0.05, 0.1) is 5.56 Å². The number of rotatable bonds is 2. The average molecular weight is 278 g/mol. The summed E-state index contributed by atoms with van der Waals surface area (Å²) in [4.78, 5) is 11.9. The molecule has 1 radical (unpaired) electrons. The molecule has 0 aliphatic rings. The monoisotopic (exact) mass is 278 g/mol. The fourth-order valence-electron chi connectivity index (χ4n) is 1.62. The zero-order valence-electron chi connectivity index (χ0n) is 10.6. The van der Waals surface area contributed by atoms with E-state index in [4.69, 9.17) is 0 Å². The van der Waals surface area contributed by atoms with E-state index in [1.54, 1.807) is 18.2 Å². The van der Waals surface area contributed by atoms with Crippen molar-refractivity contribution in [1.82, 2.24) is 0 Å². The van der Waals surface area contributed by atoms with Gasteiger partial charge in [-0.25, -0.2) is 0 Å². The molecule has 0 heterocycles. The number of hydrogen-bond donors (Lipinski definition) is 1. The number of benzene rings is 2. The highest BCUT2D eigenvalue weighted by Gasteiger charge is 2.30. The van der Waals surface area contributed by atoms with Crippen molar-refractivity contribution in [3.63, 3.8) is 0 Å². The Bertz CT molecular complexity index is 618. The summed E-state index contributed by atoms with van der Waals surface area (Å²) >= 11 is 0. The Kier molecular flexibility index (Phi) is 3.79. The van der Waals surface area contributed by atoms with Crippen LogP contribution in [0.5, 0.6) is 0 Å². The van der Waals surface area contributed by atoms with E-state index in [0.29, 0.717) is 5.69 Å². The maximum absolute atomic E-state index is 12.6. The number of hydrogen-bond acceptors (Lipinski definition) is 1. The first-order chi connectivity index (χ1) is 9.36. The molecule has 2 rings (SSSR count). The molecule has 0 fully saturated rings. The van der Waals surface area contributed by atoms with Gasteiger partial charge in [-0.3, -0.25) is 4.79 Å². The highest BCUT2D eigenvalue weighted by Crippen LogP contribution is 2.29. The zero-order chi connectivity index (χ0) is 14.8. The van der Waals surface area contributed by atoms with Crippen LogP contribution in [-0.2, 0) is 6.18 Å². The quantitative estimate of drug-likeness (QED) is 0.881. The van der Waals surface area contributed by atoms with Gasteiger partial charge in [-0.1, -0.05) is 12.1 Å². The van der Waals surface area contributed by atoms with E-state index >= 15 is 0 Å². The summed E-state index contributed by atoms with van der Waals surface area (Å²) in [6.45, 7) is 1.85. The summed E-state index contributed by atoms with van der Waals surface area (Å²) in [6.07, 6.45) is -4.46. The number of amides is 1. The van der Waals surface area contributed by atoms with Crippen molar-refractivity contribution in [2.75, 3.05) is 5.32 Å². The predicted octanol–water partition coefficient (Wildman–Crippen LogP) is 4.07. The first kappa shape index (κ1) is 14.1. The van der Waals surface area contributed by atoms with Gasteiger partial charge < -0.3 is 5.32 Å². The second-order valence-corrected chi connectivity index (χ2v) is 4.29. The third-order valence-electron chi connectivity index (χ3n) is 2.68. The molecule has 0 atom stereocenters. The van der Waals surface area contributed by atoms with Crippen molar-refractivity contribution in [2.24, 2.45) is 0 Å². The Balaban J connectivity index is 2.19. The van der Waals surface area contributed by atoms with E-state index in [-0.39, 0.29) is 5.56 Å². The molecule has 0 saturated heterocycles. The molecule has 0 aliphatic carbocycles. The smallest absolute Gasteiger partial charge is 0.322 e. The average Bonchev–Trinajstić information content (AvgIpc) is 2.40. The summed E-state index contributed by atoms with van der Waals surface area (Å²) in [5, 5.41) is 2.53. The molecule has 2 nitrogen and oxygen atoms in total. The Morgan fingerprint density at radius 3 is 2.55 bits per heavy atom. The lowest BCUT2D eigenvalue weighted by molar-refractivity contribution is -0.137. The largest absolute Gasteiger partial charge is 0.416 e. The minimum absolute atomic E-state index is 0.0413. The second kappa shape index (κ2) is 5.36. The first-order valence-corrected chi connectivity index (χ1v) is 5.83. The molecule has 0 saturated carbocycles. The van der Waals surface area contributed by atoms with Crippen LogP contribution in [0, 0.1) is 13.0 Å². The number of anilines is 1. The normalized spacial score (nSPS) is 11.2. The molecule has 0 unspecified atom stereocenters. The van der Waals surface area contributed by atoms with Crippen molar-refractivity contribution < 1.29 is 18.0 Å². The van der Waals surface area contributed by atoms with Gasteiger partial charge in [-0.05, 0) is 48.9 Å². The molecule has 0 aromatic heterocycles. The molecule has 5 heteroatoms. The van der Waals surface area contributed by atoms with Crippen LogP contribution in [0.3, 0.4) is 0 Å². The molecule has 2 aromatic rings. The number of alkyl halides is 3. The summed E-state index contributed by atoms with van der Waals surface area (Å²) in [6, 6.07) is 12.2. The van der Waals surface area contributed by atoms with Crippen molar-refractivity contribution in [3.8, 4) is 0 Å². The minimum atomic E-state index is -4.46. The fourth-order valence-corrected chi connectivity index (χ4v) is 1.62. The SMILES string of the molecule is Cc1[c]cc(NC(=O)c2cccc(C(F)(F)F)c2)cc1. The fraction of sp³-hybridized carbons (Fsp3) is 0.133. The number of carbonyl (C=O) groups is 1. The maximum Gasteiger partial charge on any atom is 0.416 e. The van der Waals surface area contributed by atoms with E-state index in [2.05, 4.69) is 11.4 Å². The molecule has 2 aromatic carbocycles. The van der Waals surface area contributed by atoms with Crippen LogP contribution in [-0.4, -0.2) is 5.91 Å². The molecular weight excluding hydrogens is 267 g/mol. The van der Waals surface area contributed by atoms with Crippen LogP contribution < -0.4 is 5.32 Å². The number of aryl methyl sites for hydroxylation is 1. The van der Waals surface area contributed by atoms with Crippen molar-refractivity contribution in [1.29, 1.82) is 0 Å².